The third-order valence-electron chi connectivity index (χ3n) is 5.20. The predicted molar refractivity (Wildman–Crippen MR) is 116 cm³/mol. The molecule has 0 unspecified atom stereocenters. The molecule has 0 spiro atoms. The van der Waals surface area contributed by atoms with Crippen molar-refractivity contribution in [2.24, 2.45) is 0 Å². The molecule has 0 radical (unpaired) electrons. The van der Waals surface area contributed by atoms with E-state index < -0.39 is 4.92 Å². The van der Waals surface area contributed by atoms with Crippen molar-refractivity contribution in [2.75, 3.05) is 45.2 Å². The predicted octanol–water partition coefficient (Wildman–Crippen LogP) is 3.54. The highest BCUT2D eigenvalue weighted by Crippen LogP contribution is 2.29. The molecule has 0 atom stereocenters. The standard InChI is InChI=1S/C21H24ClFN4O4/c1-31-20-13-17(27(29)30)4-5-19(20)24-21(28)6-7-25-8-10-26(11-9-25)14-15-2-3-16(23)12-18(15)22/h2-5,12-13H,6-11,14H2,1H3,(H,24,28). The number of hydrogen-bond donors (Lipinski definition) is 1. The van der Waals surface area contributed by atoms with Gasteiger partial charge in [0.05, 0.1) is 23.8 Å². The van der Waals surface area contributed by atoms with E-state index >= 15 is 0 Å². The van der Waals surface area contributed by atoms with E-state index in [4.69, 9.17) is 16.3 Å². The van der Waals surface area contributed by atoms with E-state index in [1.165, 1.54) is 37.4 Å². The third kappa shape index (κ3) is 6.36. The number of nitro benzene ring substituents is 1. The summed E-state index contributed by atoms with van der Waals surface area (Å²) in [6.45, 7) is 4.54. The van der Waals surface area contributed by atoms with Gasteiger partial charge in [-0.1, -0.05) is 17.7 Å². The van der Waals surface area contributed by atoms with Crippen molar-refractivity contribution < 1.29 is 18.8 Å². The topological polar surface area (TPSA) is 87.9 Å². The smallest absolute Gasteiger partial charge is 0.273 e. The van der Waals surface area contributed by atoms with Crippen molar-refractivity contribution >= 4 is 28.9 Å². The minimum atomic E-state index is -0.516. The van der Waals surface area contributed by atoms with Gasteiger partial charge in [0.15, 0.2) is 0 Å². The zero-order valence-corrected chi connectivity index (χ0v) is 17.9. The molecule has 8 nitrogen and oxygen atoms in total. The van der Waals surface area contributed by atoms with E-state index in [0.29, 0.717) is 30.2 Å². The summed E-state index contributed by atoms with van der Waals surface area (Å²) in [4.78, 5) is 27.1. The molecule has 1 saturated heterocycles. The molecule has 1 heterocycles. The van der Waals surface area contributed by atoms with Gasteiger partial charge in [-0.05, 0) is 23.8 Å². The first-order chi connectivity index (χ1) is 14.9. The second kappa shape index (κ2) is 10.5. The molecule has 3 rings (SSSR count). The number of carbonyl (C=O) groups is 1. The molecule has 31 heavy (non-hydrogen) atoms. The highest BCUT2D eigenvalue weighted by molar-refractivity contribution is 6.31. The first kappa shape index (κ1) is 22.9. The molecule has 0 aromatic heterocycles. The van der Waals surface area contributed by atoms with Crippen LogP contribution in [0.1, 0.15) is 12.0 Å². The monoisotopic (exact) mass is 450 g/mol. The fraction of sp³-hybridized carbons (Fsp3) is 0.381. The molecule has 2 aromatic rings. The Morgan fingerprint density at radius 3 is 2.55 bits per heavy atom. The maximum absolute atomic E-state index is 13.2. The maximum atomic E-state index is 13.2. The molecular weight excluding hydrogens is 427 g/mol. The Bertz CT molecular complexity index is 951. The number of hydrogen-bond acceptors (Lipinski definition) is 6. The number of nitrogens with zero attached hydrogens (tertiary/aromatic N) is 3. The fourth-order valence-electron chi connectivity index (χ4n) is 3.43. The molecule has 0 bridgehead atoms. The number of non-ortho nitro benzene ring substituents is 1. The summed E-state index contributed by atoms with van der Waals surface area (Å²) in [6, 6.07) is 8.52. The third-order valence-corrected chi connectivity index (χ3v) is 5.55. The molecule has 10 heteroatoms. The molecule has 1 aliphatic heterocycles. The average molecular weight is 451 g/mol. The summed E-state index contributed by atoms with van der Waals surface area (Å²) in [5.74, 6) is -0.286. The summed E-state index contributed by atoms with van der Waals surface area (Å²) < 4.78 is 18.3. The number of amides is 1. The van der Waals surface area contributed by atoms with Crippen molar-refractivity contribution in [1.82, 2.24) is 9.80 Å². The molecule has 1 amide bonds. The summed E-state index contributed by atoms with van der Waals surface area (Å²) in [7, 11) is 1.40. The van der Waals surface area contributed by atoms with E-state index in [9.17, 15) is 19.3 Å². The van der Waals surface area contributed by atoms with E-state index in [1.807, 2.05) is 0 Å². The lowest BCUT2D eigenvalue weighted by atomic mass is 10.2. The van der Waals surface area contributed by atoms with Crippen LogP contribution in [-0.4, -0.2) is 60.5 Å². The summed E-state index contributed by atoms with van der Waals surface area (Å²) in [5, 5.41) is 14.0. The number of carbonyl (C=O) groups excluding carboxylic acids is 1. The number of rotatable bonds is 8. The van der Waals surface area contributed by atoms with Gasteiger partial charge in [0, 0.05) is 56.8 Å². The summed E-state index contributed by atoms with van der Waals surface area (Å²) in [6.07, 6.45) is 0.296. The number of benzene rings is 2. The van der Waals surface area contributed by atoms with Crippen LogP contribution in [0.25, 0.3) is 0 Å². The molecule has 0 saturated carbocycles. The highest BCUT2D eigenvalue weighted by Gasteiger charge is 2.19. The van der Waals surface area contributed by atoms with Gasteiger partial charge in [0.1, 0.15) is 11.6 Å². The Hall–Kier alpha value is -2.75. The Morgan fingerprint density at radius 2 is 1.90 bits per heavy atom. The first-order valence-electron chi connectivity index (χ1n) is 9.86. The second-order valence-electron chi connectivity index (χ2n) is 7.29. The lowest BCUT2D eigenvalue weighted by Crippen LogP contribution is -2.46. The van der Waals surface area contributed by atoms with Crippen molar-refractivity contribution in [3.05, 3.63) is 62.9 Å². The van der Waals surface area contributed by atoms with E-state index in [2.05, 4.69) is 15.1 Å². The first-order valence-corrected chi connectivity index (χ1v) is 10.2. The molecule has 2 aromatic carbocycles. The highest BCUT2D eigenvalue weighted by atomic mass is 35.5. The van der Waals surface area contributed by atoms with Crippen LogP contribution in [0.3, 0.4) is 0 Å². The number of anilines is 1. The normalized spacial score (nSPS) is 14.9. The fourth-order valence-corrected chi connectivity index (χ4v) is 3.66. The van der Waals surface area contributed by atoms with E-state index in [-0.39, 0.29) is 23.2 Å². The SMILES string of the molecule is COc1cc([N+](=O)[O-])ccc1NC(=O)CCN1CCN(Cc2ccc(F)cc2Cl)CC1. The summed E-state index contributed by atoms with van der Waals surface area (Å²) >= 11 is 6.11. The molecule has 1 N–H and O–H groups in total. The van der Waals surface area contributed by atoms with Crippen LogP contribution in [-0.2, 0) is 11.3 Å². The molecular formula is C21H24ClFN4O4. The van der Waals surface area contributed by atoms with Crippen LogP contribution in [0.15, 0.2) is 36.4 Å². The van der Waals surface area contributed by atoms with Gasteiger partial charge < -0.3 is 15.0 Å². The Kier molecular flexibility index (Phi) is 7.78. The minimum absolute atomic E-state index is 0.102. The molecule has 166 valence electrons. The van der Waals surface area contributed by atoms with Gasteiger partial charge in [-0.15, -0.1) is 0 Å². The van der Waals surface area contributed by atoms with Gasteiger partial charge in [0.25, 0.3) is 5.69 Å². The van der Waals surface area contributed by atoms with Crippen LogP contribution in [0.5, 0.6) is 5.75 Å². The van der Waals surface area contributed by atoms with Gasteiger partial charge in [-0.25, -0.2) is 4.39 Å². The molecule has 1 aliphatic rings. The van der Waals surface area contributed by atoms with Crippen molar-refractivity contribution in [1.29, 1.82) is 0 Å². The quantitative estimate of drug-likeness (QED) is 0.489. The van der Waals surface area contributed by atoms with Gasteiger partial charge in [-0.3, -0.25) is 19.8 Å². The molecule has 1 fully saturated rings. The van der Waals surface area contributed by atoms with E-state index in [0.717, 1.165) is 31.7 Å². The number of nitro groups is 1. The average Bonchev–Trinajstić information content (AvgIpc) is 2.75. The van der Waals surface area contributed by atoms with Crippen LogP contribution >= 0.6 is 11.6 Å². The lowest BCUT2D eigenvalue weighted by Gasteiger charge is -2.34. The number of nitrogens with one attached hydrogen (secondary N) is 1. The van der Waals surface area contributed by atoms with E-state index in [1.54, 1.807) is 6.07 Å². The maximum Gasteiger partial charge on any atom is 0.273 e. The molecule has 0 aliphatic carbocycles. The lowest BCUT2D eigenvalue weighted by molar-refractivity contribution is -0.384. The number of halogens is 2. The Balaban J connectivity index is 1.44. The Morgan fingerprint density at radius 1 is 1.19 bits per heavy atom. The second-order valence-corrected chi connectivity index (χ2v) is 7.70. The van der Waals surface area contributed by atoms with Crippen LogP contribution in [0.4, 0.5) is 15.8 Å². The van der Waals surface area contributed by atoms with Crippen LogP contribution in [0, 0.1) is 15.9 Å². The van der Waals surface area contributed by atoms with Gasteiger partial charge in [-0.2, -0.15) is 0 Å². The summed E-state index contributed by atoms with van der Waals surface area (Å²) in [5.41, 5.74) is 1.20. The van der Waals surface area contributed by atoms with Gasteiger partial charge >= 0.3 is 0 Å². The van der Waals surface area contributed by atoms with Crippen LogP contribution in [0.2, 0.25) is 5.02 Å². The number of piperazine rings is 1. The zero-order valence-electron chi connectivity index (χ0n) is 17.1. The Labute approximate surface area is 184 Å². The minimum Gasteiger partial charge on any atom is -0.494 e. The van der Waals surface area contributed by atoms with Crippen molar-refractivity contribution in [3.63, 3.8) is 0 Å². The van der Waals surface area contributed by atoms with Crippen molar-refractivity contribution in [2.45, 2.75) is 13.0 Å². The van der Waals surface area contributed by atoms with Crippen LogP contribution < -0.4 is 10.1 Å². The van der Waals surface area contributed by atoms with Gasteiger partial charge in [0.2, 0.25) is 5.91 Å². The van der Waals surface area contributed by atoms with Crippen molar-refractivity contribution in [3.8, 4) is 5.75 Å². The number of methoxy groups -OCH3 is 1. The zero-order chi connectivity index (χ0) is 22.4. The number of ether oxygens (including phenoxy) is 1. The largest absolute Gasteiger partial charge is 0.494 e.